The van der Waals surface area contributed by atoms with Gasteiger partial charge in [0.1, 0.15) is 12.0 Å². The molecule has 0 radical (unpaired) electrons. The molecular formula is C20H17N3O5. The third-order valence-corrected chi connectivity index (χ3v) is 4.43. The fourth-order valence-corrected chi connectivity index (χ4v) is 2.99. The summed E-state index contributed by atoms with van der Waals surface area (Å²) in [6.07, 6.45) is 0.507. The summed E-state index contributed by atoms with van der Waals surface area (Å²) in [7, 11) is 0. The summed E-state index contributed by atoms with van der Waals surface area (Å²) in [5, 5.41) is 4.25. The van der Waals surface area contributed by atoms with Crippen molar-refractivity contribution in [2.24, 2.45) is 0 Å². The maximum Gasteiger partial charge on any atom is 0.337 e. The Labute approximate surface area is 158 Å². The molecule has 142 valence electrons. The normalized spacial score (nSPS) is 11.1. The zero-order valence-corrected chi connectivity index (χ0v) is 15.3. The van der Waals surface area contributed by atoms with Gasteiger partial charge in [0, 0.05) is 11.6 Å². The number of ether oxygens (including phenoxy) is 1. The second-order valence-corrected chi connectivity index (χ2v) is 6.23. The van der Waals surface area contributed by atoms with E-state index in [2.05, 4.69) is 15.1 Å². The smallest absolute Gasteiger partial charge is 0.337 e. The number of aromatic amines is 1. The largest absolute Gasteiger partial charge is 0.460 e. The van der Waals surface area contributed by atoms with Crippen molar-refractivity contribution in [3.63, 3.8) is 0 Å². The van der Waals surface area contributed by atoms with Crippen LogP contribution in [0.5, 0.6) is 6.01 Å². The Kier molecular flexibility index (Phi) is 4.52. The topological polar surface area (TPSA) is 111 Å². The lowest BCUT2D eigenvalue weighted by molar-refractivity contribution is 0.278. The first-order chi connectivity index (χ1) is 13.6. The van der Waals surface area contributed by atoms with Crippen LogP contribution in [0.15, 0.2) is 54.9 Å². The van der Waals surface area contributed by atoms with Crippen molar-refractivity contribution in [2.75, 3.05) is 0 Å². The molecule has 1 N–H and O–H groups in total. The lowest BCUT2D eigenvalue weighted by atomic mass is 10.1. The van der Waals surface area contributed by atoms with Crippen LogP contribution in [-0.2, 0) is 13.0 Å². The predicted octanol–water partition coefficient (Wildman–Crippen LogP) is 2.98. The number of nitrogens with one attached hydrogen (secondary N) is 1. The molecule has 28 heavy (non-hydrogen) atoms. The number of hydrogen-bond donors (Lipinski definition) is 1. The minimum absolute atomic E-state index is 0.0477. The van der Waals surface area contributed by atoms with E-state index in [4.69, 9.17) is 13.7 Å². The van der Waals surface area contributed by atoms with E-state index in [0.29, 0.717) is 23.4 Å². The van der Waals surface area contributed by atoms with Crippen LogP contribution in [0.25, 0.3) is 22.4 Å². The SMILES string of the molecule is CCc1cc(=O)oc2nc(OCc3c(C)noc3-c3ccccc3)[nH]c(=O)c12. The summed E-state index contributed by atoms with van der Waals surface area (Å²) in [5.41, 5.74) is 1.81. The molecular weight excluding hydrogens is 362 g/mol. The van der Waals surface area contributed by atoms with E-state index in [1.165, 1.54) is 6.07 Å². The van der Waals surface area contributed by atoms with Crippen molar-refractivity contribution in [3.05, 3.63) is 74.0 Å². The molecule has 8 heteroatoms. The molecule has 0 spiro atoms. The first-order valence-electron chi connectivity index (χ1n) is 8.77. The summed E-state index contributed by atoms with van der Waals surface area (Å²) in [4.78, 5) is 30.9. The number of rotatable bonds is 5. The average molecular weight is 379 g/mol. The summed E-state index contributed by atoms with van der Waals surface area (Å²) in [6, 6.07) is 10.8. The highest BCUT2D eigenvalue weighted by Gasteiger charge is 2.17. The van der Waals surface area contributed by atoms with Crippen LogP contribution in [0.1, 0.15) is 23.7 Å². The summed E-state index contributed by atoms with van der Waals surface area (Å²) in [6.45, 7) is 3.72. The van der Waals surface area contributed by atoms with E-state index in [1.54, 1.807) is 6.92 Å². The molecule has 3 heterocycles. The van der Waals surface area contributed by atoms with E-state index in [1.807, 2.05) is 37.3 Å². The van der Waals surface area contributed by atoms with Crippen LogP contribution in [0, 0.1) is 6.92 Å². The molecule has 0 aliphatic heterocycles. The van der Waals surface area contributed by atoms with E-state index in [9.17, 15) is 9.59 Å². The van der Waals surface area contributed by atoms with Crippen molar-refractivity contribution in [1.29, 1.82) is 0 Å². The summed E-state index contributed by atoms with van der Waals surface area (Å²) in [5.74, 6) is 0.584. The van der Waals surface area contributed by atoms with E-state index in [0.717, 1.165) is 11.1 Å². The van der Waals surface area contributed by atoms with Crippen LogP contribution in [0.4, 0.5) is 0 Å². The highest BCUT2D eigenvalue weighted by atomic mass is 16.5. The lowest BCUT2D eigenvalue weighted by Gasteiger charge is -2.07. The Balaban J connectivity index is 1.68. The summed E-state index contributed by atoms with van der Waals surface area (Å²) >= 11 is 0. The number of fused-ring (bicyclic) bond motifs is 1. The van der Waals surface area contributed by atoms with Gasteiger partial charge in [-0.05, 0) is 18.9 Å². The minimum Gasteiger partial charge on any atom is -0.460 e. The zero-order valence-electron chi connectivity index (χ0n) is 15.3. The number of hydrogen-bond acceptors (Lipinski definition) is 7. The molecule has 0 saturated carbocycles. The van der Waals surface area contributed by atoms with Gasteiger partial charge in [0.05, 0.1) is 11.3 Å². The molecule has 3 aromatic heterocycles. The maximum atomic E-state index is 12.4. The fraction of sp³-hybridized carbons (Fsp3) is 0.200. The van der Waals surface area contributed by atoms with Gasteiger partial charge in [0.25, 0.3) is 11.6 Å². The van der Waals surface area contributed by atoms with E-state index >= 15 is 0 Å². The molecule has 0 atom stereocenters. The molecule has 0 aliphatic carbocycles. The van der Waals surface area contributed by atoms with Crippen molar-refractivity contribution in [2.45, 2.75) is 26.9 Å². The van der Waals surface area contributed by atoms with Gasteiger partial charge in [0.15, 0.2) is 5.76 Å². The van der Waals surface area contributed by atoms with Crippen LogP contribution >= 0.6 is 0 Å². The maximum absolute atomic E-state index is 12.4. The molecule has 1 aromatic carbocycles. The number of aromatic nitrogens is 3. The van der Waals surface area contributed by atoms with Crippen molar-refractivity contribution in [3.8, 4) is 17.3 Å². The van der Waals surface area contributed by atoms with Gasteiger partial charge < -0.3 is 13.7 Å². The van der Waals surface area contributed by atoms with Crippen LogP contribution < -0.4 is 15.9 Å². The van der Waals surface area contributed by atoms with Gasteiger partial charge in [-0.1, -0.05) is 42.4 Å². The Bertz CT molecular complexity index is 1250. The van der Waals surface area contributed by atoms with Gasteiger partial charge in [-0.15, -0.1) is 0 Å². The quantitative estimate of drug-likeness (QED) is 0.567. The minimum atomic E-state index is -0.561. The molecule has 0 fully saturated rings. The fourth-order valence-electron chi connectivity index (χ4n) is 2.99. The predicted molar refractivity (Wildman–Crippen MR) is 101 cm³/mol. The number of aryl methyl sites for hydroxylation is 2. The molecule has 0 amide bonds. The second kappa shape index (κ2) is 7.15. The molecule has 0 bridgehead atoms. The van der Waals surface area contributed by atoms with Gasteiger partial charge in [-0.2, -0.15) is 4.98 Å². The molecule has 0 unspecified atom stereocenters. The van der Waals surface area contributed by atoms with Crippen LogP contribution in [0.2, 0.25) is 0 Å². The molecule has 4 aromatic rings. The van der Waals surface area contributed by atoms with E-state index in [-0.39, 0.29) is 23.7 Å². The Morgan fingerprint density at radius 2 is 1.96 bits per heavy atom. The highest BCUT2D eigenvalue weighted by Crippen LogP contribution is 2.26. The zero-order chi connectivity index (χ0) is 19.7. The van der Waals surface area contributed by atoms with Crippen LogP contribution in [-0.4, -0.2) is 15.1 Å². The molecule has 4 rings (SSSR count). The van der Waals surface area contributed by atoms with Gasteiger partial charge in [0.2, 0.25) is 5.71 Å². The molecule has 0 saturated heterocycles. The third kappa shape index (κ3) is 3.20. The van der Waals surface area contributed by atoms with Crippen molar-refractivity contribution < 1.29 is 13.7 Å². The number of H-pyrrole nitrogens is 1. The monoisotopic (exact) mass is 379 g/mol. The number of nitrogens with zero attached hydrogens (tertiary/aromatic N) is 2. The average Bonchev–Trinajstić information content (AvgIpc) is 3.06. The van der Waals surface area contributed by atoms with Crippen molar-refractivity contribution >= 4 is 11.1 Å². The lowest BCUT2D eigenvalue weighted by Crippen LogP contribution is -2.15. The number of benzene rings is 1. The Hall–Kier alpha value is -3.68. The third-order valence-electron chi connectivity index (χ3n) is 4.43. The second-order valence-electron chi connectivity index (χ2n) is 6.23. The molecule has 0 aliphatic rings. The highest BCUT2D eigenvalue weighted by molar-refractivity contribution is 5.75. The van der Waals surface area contributed by atoms with Crippen molar-refractivity contribution in [1.82, 2.24) is 15.1 Å². The van der Waals surface area contributed by atoms with Gasteiger partial charge in [-0.3, -0.25) is 9.78 Å². The van der Waals surface area contributed by atoms with E-state index < -0.39 is 11.2 Å². The summed E-state index contributed by atoms with van der Waals surface area (Å²) < 4.78 is 16.2. The Morgan fingerprint density at radius 3 is 2.71 bits per heavy atom. The van der Waals surface area contributed by atoms with Gasteiger partial charge >= 0.3 is 5.63 Å². The molecule has 8 nitrogen and oxygen atoms in total. The van der Waals surface area contributed by atoms with Crippen LogP contribution in [0.3, 0.4) is 0 Å². The Morgan fingerprint density at radius 1 is 1.18 bits per heavy atom. The standard InChI is InChI=1S/C20H17N3O5/c1-3-12-9-15(24)27-19-16(12)18(25)21-20(22-19)26-10-14-11(2)23-28-17(14)13-7-5-4-6-8-13/h4-9H,3,10H2,1-2H3,(H,21,22,25). The first kappa shape index (κ1) is 17.7. The first-order valence-corrected chi connectivity index (χ1v) is 8.77. The van der Waals surface area contributed by atoms with Gasteiger partial charge in [-0.25, -0.2) is 4.79 Å².